The summed E-state index contributed by atoms with van der Waals surface area (Å²) in [6.45, 7) is 15.9. The lowest BCUT2D eigenvalue weighted by molar-refractivity contribution is 0.00578. The van der Waals surface area contributed by atoms with Crippen LogP contribution in [0.3, 0.4) is 0 Å². The summed E-state index contributed by atoms with van der Waals surface area (Å²) in [5, 5.41) is 4.42. The first kappa shape index (κ1) is 15.6. The van der Waals surface area contributed by atoms with Gasteiger partial charge in [0.05, 0.1) is 16.8 Å². The second kappa shape index (κ2) is 4.88. The standard InChI is InChI=1S/C15H27BN2O2/c1-13(2,3)9-11-18-12(8-10-17-18)16-19-14(4,5)15(6,7)20-16/h8,10H,9,11H2,1-7H3. The molecule has 1 saturated heterocycles. The monoisotopic (exact) mass is 278 g/mol. The van der Waals surface area contributed by atoms with E-state index < -0.39 is 0 Å². The molecule has 4 nitrogen and oxygen atoms in total. The van der Waals surface area contributed by atoms with Crippen molar-refractivity contribution in [1.82, 2.24) is 9.78 Å². The Morgan fingerprint density at radius 3 is 2.20 bits per heavy atom. The average molecular weight is 278 g/mol. The largest absolute Gasteiger partial charge is 0.514 e. The van der Waals surface area contributed by atoms with Crippen LogP contribution in [0.25, 0.3) is 0 Å². The van der Waals surface area contributed by atoms with Crippen LogP contribution in [0.2, 0.25) is 0 Å². The first-order valence-corrected chi connectivity index (χ1v) is 7.39. The van der Waals surface area contributed by atoms with Crippen LogP contribution in [0, 0.1) is 5.41 Å². The maximum Gasteiger partial charge on any atom is 0.514 e. The van der Waals surface area contributed by atoms with Gasteiger partial charge in [0.1, 0.15) is 0 Å². The van der Waals surface area contributed by atoms with Crippen LogP contribution in [-0.2, 0) is 15.9 Å². The first-order chi connectivity index (χ1) is 9.02. The van der Waals surface area contributed by atoms with Crippen LogP contribution in [0.1, 0.15) is 54.9 Å². The molecule has 0 bridgehead atoms. The number of hydrogen-bond acceptors (Lipinski definition) is 3. The molecule has 1 aromatic rings. The lowest BCUT2D eigenvalue weighted by Crippen LogP contribution is -2.41. The lowest BCUT2D eigenvalue weighted by atomic mass is 9.84. The van der Waals surface area contributed by atoms with E-state index in [9.17, 15) is 0 Å². The zero-order chi connectivity index (χ0) is 15.2. The summed E-state index contributed by atoms with van der Waals surface area (Å²) in [6.07, 6.45) is 2.89. The van der Waals surface area contributed by atoms with Gasteiger partial charge in [-0.15, -0.1) is 0 Å². The smallest absolute Gasteiger partial charge is 0.398 e. The van der Waals surface area contributed by atoms with Crippen molar-refractivity contribution in [2.45, 2.75) is 72.6 Å². The summed E-state index contributed by atoms with van der Waals surface area (Å²) in [5.74, 6) is 0. The van der Waals surface area contributed by atoms with Crippen molar-refractivity contribution in [2.75, 3.05) is 0 Å². The van der Waals surface area contributed by atoms with E-state index in [4.69, 9.17) is 9.31 Å². The van der Waals surface area contributed by atoms with Crippen molar-refractivity contribution in [3.63, 3.8) is 0 Å². The van der Waals surface area contributed by atoms with Crippen molar-refractivity contribution >= 4 is 12.7 Å². The Labute approximate surface area is 123 Å². The minimum atomic E-state index is -0.331. The highest BCUT2D eigenvalue weighted by molar-refractivity contribution is 6.61. The second-order valence-corrected chi connectivity index (χ2v) is 7.88. The molecule has 1 fully saturated rings. The van der Waals surface area contributed by atoms with Gasteiger partial charge in [0.2, 0.25) is 0 Å². The summed E-state index contributed by atoms with van der Waals surface area (Å²) in [7, 11) is -0.331. The van der Waals surface area contributed by atoms with Gasteiger partial charge in [0.25, 0.3) is 0 Å². The fourth-order valence-corrected chi connectivity index (χ4v) is 2.14. The minimum Gasteiger partial charge on any atom is -0.398 e. The van der Waals surface area contributed by atoms with Gasteiger partial charge in [0.15, 0.2) is 0 Å². The maximum atomic E-state index is 6.10. The number of hydrogen-bond donors (Lipinski definition) is 0. The molecule has 0 saturated carbocycles. The molecule has 1 aliphatic rings. The SMILES string of the molecule is CC(C)(C)CCn1nccc1B1OC(C)(C)C(C)(C)O1. The van der Waals surface area contributed by atoms with Crippen molar-refractivity contribution in [3.8, 4) is 0 Å². The molecule has 0 N–H and O–H groups in total. The topological polar surface area (TPSA) is 36.3 Å². The molecular weight excluding hydrogens is 251 g/mol. The molecule has 20 heavy (non-hydrogen) atoms. The molecule has 2 rings (SSSR count). The summed E-state index contributed by atoms with van der Waals surface area (Å²) in [4.78, 5) is 0. The summed E-state index contributed by atoms with van der Waals surface area (Å²) >= 11 is 0. The van der Waals surface area contributed by atoms with Gasteiger partial charge < -0.3 is 9.31 Å². The van der Waals surface area contributed by atoms with Crippen LogP contribution < -0.4 is 5.59 Å². The Kier molecular flexibility index (Phi) is 3.80. The molecule has 1 aromatic heterocycles. The van der Waals surface area contributed by atoms with Crippen molar-refractivity contribution in [1.29, 1.82) is 0 Å². The van der Waals surface area contributed by atoms with Gasteiger partial charge >= 0.3 is 7.12 Å². The molecule has 0 radical (unpaired) electrons. The molecule has 0 aromatic carbocycles. The fraction of sp³-hybridized carbons (Fsp3) is 0.800. The number of rotatable bonds is 3. The Hall–Kier alpha value is -0.805. The lowest BCUT2D eigenvalue weighted by Gasteiger charge is -2.32. The van der Waals surface area contributed by atoms with E-state index in [1.165, 1.54) is 0 Å². The van der Waals surface area contributed by atoms with E-state index in [-0.39, 0.29) is 18.3 Å². The van der Waals surface area contributed by atoms with E-state index >= 15 is 0 Å². The van der Waals surface area contributed by atoms with E-state index in [1.54, 1.807) is 0 Å². The predicted molar refractivity (Wildman–Crippen MR) is 82.0 cm³/mol. The van der Waals surface area contributed by atoms with Crippen LogP contribution >= 0.6 is 0 Å². The van der Waals surface area contributed by atoms with E-state index in [0.29, 0.717) is 5.41 Å². The molecular formula is C15H27BN2O2. The molecule has 0 atom stereocenters. The highest BCUT2D eigenvalue weighted by Gasteiger charge is 2.52. The van der Waals surface area contributed by atoms with Gasteiger partial charge in [-0.25, -0.2) is 0 Å². The molecule has 112 valence electrons. The van der Waals surface area contributed by atoms with E-state index in [1.807, 2.05) is 16.9 Å². The molecule has 0 spiro atoms. The van der Waals surface area contributed by atoms with Crippen LogP contribution in [0.5, 0.6) is 0 Å². The molecule has 0 unspecified atom stereocenters. The second-order valence-electron chi connectivity index (χ2n) is 7.88. The third kappa shape index (κ3) is 3.09. The van der Waals surface area contributed by atoms with Gasteiger partial charge in [-0.2, -0.15) is 5.10 Å². The van der Waals surface area contributed by atoms with E-state index in [0.717, 1.165) is 18.6 Å². The van der Waals surface area contributed by atoms with Crippen molar-refractivity contribution in [3.05, 3.63) is 12.3 Å². The summed E-state index contributed by atoms with van der Waals surface area (Å²) in [6, 6.07) is 1.99. The van der Waals surface area contributed by atoms with Gasteiger partial charge in [-0.05, 0) is 45.6 Å². The Morgan fingerprint density at radius 2 is 1.70 bits per heavy atom. The van der Waals surface area contributed by atoms with Gasteiger partial charge in [-0.1, -0.05) is 20.8 Å². The summed E-state index contributed by atoms with van der Waals surface area (Å²) < 4.78 is 14.2. The molecule has 5 heteroatoms. The predicted octanol–water partition coefficient (Wildman–Crippen LogP) is 2.62. The molecule has 0 aliphatic carbocycles. The Balaban J connectivity index is 2.14. The quantitative estimate of drug-likeness (QED) is 0.797. The van der Waals surface area contributed by atoms with Crippen LogP contribution in [-0.4, -0.2) is 28.1 Å². The van der Waals surface area contributed by atoms with Crippen molar-refractivity contribution < 1.29 is 9.31 Å². The fourth-order valence-electron chi connectivity index (χ4n) is 2.14. The zero-order valence-electron chi connectivity index (χ0n) is 13.9. The van der Waals surface area contributed by atoms with Gasteiger partial charge in [0, 0.05) is 12.7 Å². The van der Waals surface area contributed by atoms with Crippen molar-refractivity contribution in [2.24, 2.45) is 5.41 Å². The number of aryl methyl sites for hydroxylation is 1. The highest BCUT2D eigenvalue weighted by Crippen LogP contribution is 2.36. The normalized spacial score (nSPS) is 21.4. The number of nitrogens with zero attached hydrogens (tertiary/aromatic N) is 2. The number of aromatic nitrogens is 2. The van der Waals surface area contributed by atoms with E-state index in [2.05, 4.69) is 53.6 Å². The third-order valence-electron chi connectivity index (χ3n) is 4.32. The minimum absolute atomic E-state index is 0.291. The Morgan fingerprint density at radius 1 is 1.15 bits per heavy atom. The average Bonchev–Trinajstić information content (AvgIpc) is 2.78. The molecule has 2 heterocycles. The highest BCUT2D eigenvalue weighted by atomic mass is 16.7. The Bertz CT molecular complexity index is 458. The maximum absolute atomic E-state index is 6.10. The van der Waals surface area contributed by atoms with Crippen LogP contribution in [0.4, 0.5) is 0 Å². The molecule has 1 aliphatic heterocycles. The molecule has 0 amide bonds. The van der Waals surface area contributed by atoms with Crippen LogP contribution in [0.15, 0.2) is 12.3 Å². The first-order valence-electron chi connectivity index (χ1n) is 7.39. The zero-order valence-corrected chi connectivity index (χ0v) is 13.9. The van der Waals surface area contributed by atoms with Gasteiger partial charge in [-0.3, -0.25) is 4.68 Å². The summed E-state index contributed by atoms with van der Waals surface area (Å²) in [5.41, 5.74) is 0.681. The third-order valence-corrected chi connectivity index (χ3v) is 4.32.